The molecule has 0 saturated heterocycles. The highest BCUT2D eigenvalue weighted by Gasteiger charge is 2.23. The Morgan fingerprint density at radius 2 is 1.96 bits per heavy atom. The molecular weight excluding hydrogens is 342 g/mol. The van der Waals surface area contributed by atoms with Crippen molar-refractivity contribution in [3.63, 3.8) is 0 Å². The maximum Gasteiger partial charge on any atom is 0.176 e. The molecule has 24 heavy (non-hydrogen) atoms. The van der Waals surface area contributed by atoms with Crippen molar-refractivity contribution >= 4 is 29.1 Å². The van der Waals surface area contributed by atoms with Crippen LogP contribution in [0, 0.1) is 16.6 Å². The Kier molecular flexibility index (Phi) is 6.72. The molecule has 124 valence electrons. The molecule has 0 saturated carbocycles. The Labute approximate surface area is 151 Å². The van der Waals surface area contributed by atoms with Crippen molar-refractivity contribution in [2.24, 2.45) is 5.92 Å². The molecule has 2 aromatic carbocycles. The summed E-state index contributed by atoms with van der Waals surface area (Å²) in [6.45, 7) is 4.06. The lowest BCUT2D eigenvalue weighted by molar-refractivity contribution is 0.0982. The van der Waals surface area contributed by atoms with Crippen molar-refractivity contribution in [2.45, 2.75) is 25.5 Å². The summed E-state index contributed by atoms with van der Waals surface area (Å²) in [7, 11) is 0. The number of nitrogens with zero attached hydrogens (tertiary/aromatic N) is 1. The molecule has 0 heterocycles. The average Bonchev–Trinajstić information content (AvgIpc) is 2.56. The van der Waals surface area contributed by atoms with Gasteiger partial charge < -0.3 is 4.74 Å². The summed E-state index contributed by atoms with van der Waals surface area (Å²) in [6, 6.07) is 14.3. The number of ketones is 1. The number of rotatable bonds is 7. The normalized spacial score (nSPS) is 11.8. The SMILES string of the molecule is CC(C)CC(SC#N)C(=O)c1ccc(Oc2ccccc2)c(Cl)c1. The molecule has 0 aliphatic rings. The molecule has 0 fully saturated rings. The molecule has 0 radical (unpaired) electrons. The summed E-state index contributed by atoms with van der Waals surface area (Å²) in [5.41, 5.74) is 0.494. The molecule has 3 nitrogen and oxygen atoms in total. The van der Waals surface area contributed by atoms with Gasteiger partial charge in [-0.2, -0.15) is 5.26 Å². The van der Waals surface area contributed by atoms with Crippen LogP contribution in [-0.2, 0) is 0 Å². The highest BCUT2D eigenvalue weighted by atomic mass is 35.5. The van der Waals surface area contributed by atoms with E-state index in [-0.39, 0.29) is 11.0 Å². The van der Waals surface area contributed by atoms with E-state index in [1.54, 1.807) is 18.2 Å². The van der Waals surface area contributed by atoms with Crippen LogP contribution in [0.1, 0.15) is 30.6 Å². The maximum absolute atomic E-state index is 12.6. The molecular formula is C19H18ClNO2S. The van der Waals surface area contributed by atoms with Gasteiger partial charge in [0.15, 0.2) is 5.78 Å². The van der Waals surface area contributed by atoms with E-state index in [9.17, 15) is 4.79 Å². The minimum absolute atomic E-state index is 0.0802. The summed E-state index contributed by atoms with van der Waals surface area (Å²) in [4.78, 5) is 12.6. The number of benzene rings is 2. The van der Waals surface area contributed by atoms with Crippen molar-refractivity contribution in [2.75, 3.05) is 0 Å². The molecule has 2 aromatic rings. The summed E-state index contributed by atoms with van der Waals surface area (Å²) in [6.07, 6.45) is 0.650. The average molecular weight is 360 g/mol. The van der Waals surface area contributed by atoms with Crippen LogP contribution in [0.3, 0.4) is 0 Å². The van der Waals surface area contributed by atoms with Crippen molar-refractivity contribution in [1.29, 1.82) is 5.26 Å². The van der Waals surface area contributed by atoms with E-state index in [1.165, 1.54) is 0 Å². The van der Waals surface area contributed by atoms with Gasteiger partial charge in [0, 0.05) is 5.56 Å². The van der Waals surface area contributed by atoms with Crippen LogP contribution >= 0.6 is 23.4 Å². The number of hydrogen-bond donors (Lipinski definition) is 0. The third kappa shape index (κ3) is 5.02. The second-order valence-corrected chi connectivity index (χ2v) is 7.15. The fourth-order valence-corrected chi connectivity index (χ4v) is 3.31. The van der Waals surface area contributed by atoms with Gasteiger partial charge in [-0.3, -0.25) is 4.79 Å². The molecule has 0 aliphatic carbocycles. The van der Waals surface area contributed by atoms with E-state index >= 15 is 0 Å². The first-order valence-corrected chi connectivity index (χ1v) is 8.88. The number of para-hydroxylation sites is 1. The zero-order valence-electron chi connectivity index (χ0n) is 13.5. The van der Waals surface area contributed by atoms with Crippen molar-refractivity contribution < 1.29 is 9.53 Å². The molecule has 0 aliphatic heterocycles. The zero-order chi connectivity index (χ0) is 17.5. The van der Waals surface area contributed by atoms with Crippen LogP contribution in [-0.4, -0.2) is 11.0 Å². The van der Waals surface area contributed by atoms with Crippen LogP contribution in [0.25, 0.3) is 0 Å². The van der Waals surface area contributed by atoms with Crippen LogP contribution in [0.2, 0.25) is 5.02 Å². The fourth-order valence-electron chi connectivity index (χ4n) is 2.24. The first-order valence-electron chi connectivity index (χ1n) is 7.62. The minimum Gasteiger partial charge on any atom is -0.456 e. The lowest BCUT2D eigenvalue weighted by atomic mass is 10.0. The van der Waals surface area contributed by atoms with E-state index in [1.807, 2.05) is 49.6 Å². The van der Waals surface area contributed by atoms with Gasteiger partial charge in [0.1, 0.15) is 16.9 Å². The van der Waals surface area contributed by atoms with Gasteiger partial charge in [-0.1, -0.05) is 43.6 Å². The predicted molar refractivity (Wildman–Crippen MR) is 98.7 cm³/mol. The number of thioether (sulfide) groups is 1. The molecule has 1 unspecified atom stereocenters. The number of halogens is 1. The van der Waals surface area contributed by atoms with Crippen molar-refractivity contribution in [1.82, 2.24) is 0 Å². The molecule has 0 N–H and O–H groups in total. The first-order chi connectivity index (χ1) is 11.5. The maximum atomic E-state index is 12.6. The van der Waals surface area contributed by atoms with Gasteiger partial charge in [0.05, 0.1) is 10.3 Å². The number of thiocyanates is 1. The van der Waals surface area contributed by atoms with Crippen LogP contribution in [0.4, 0.5) is 0 Å². The molecule has 0 spiro atoms. The van der Waals surface area contributed by atoms with E-state index in [2.05, 4.69) is 0 Å². The van der Waals surface area contributed by atoms with Gasteiger partial charge in [0.25, 0.3) is 0 Å². The molecule has 5 heteroatoms. The lowest BCUT2D eigenvalue weighted by Gasteiger charge is -2.15. The fraction of sp³-hybridized carbons (Fsp3) is 0.263. The van der Waals surface area contributed by atoms with Crippen LogP contribution in [0.15, 0.2) is 48.5 Å². The standard InChI is InChI=1S/C19H18ClNO2S/c1-13(2)10-18(24-12-21)19(22)14-8-9-17(16(20)11-14)23-15-6-4-3-5-7-15/h3-9,11,13,18H,10H2,1-2H3. The largest absolute Gasteiger partial charge is 0.456 e. The second-order valence-electron chi connectivity index (χ2n) is 5.75. The highest BCUT2D eigenvalue weighted by molar-refractivity contribution is 8.05. The number of nitriles is 1. The molecule has 0 aromatic heterocycles. The molecule has 2 rings (SSSR count). The van der Waals surface area contributed by atoms with E-state index in [4.69, 9.17) is 21.6 Å². The van der Waals surface area contributed by atoms with Gasteiger partial charge in [-0.05, 0) is 54.4 Å². The topological polar surface area (TPSA) is 50.1 Å². The Morgan fingerprint density at radius 3 is 2.54 bits per heavy atom. The van der Waals surface area contributed by atoms with Crippen LogP contribution < -0.4 is 4.74 Å². The van der Waals surface area contributed by atoms with Gasteiger partial charge in [-0.25, -0.2) is 0 Å². The van der Waals surface area contributed by atoms with Crippen molar-refractivity contribution in [3.05, 3.63) is 59.1 Å². The first kappa shape index (κ1) is 18.4. The number of ether oxygens (including phenoxy) is 1. The highest BCUT2D eigenvalue weighted by Crippen LogP contribution is 2.31. The van der Waals surface area contributed by atoms with Crippen molar-refractivity contribution in [3.8, 4) is 16.9 Å². The van der Waals surface area contributed by atoms with Gasteiger partial charge in [0.2, 0.25) is 0 Å². The zero-order valence-corrected chi connectivity index (χ0v) is 15.1. The summed E-state index contributed by atoms with van der Waals surface area (Å²) >= 11 is 7.26. The Morgan fingerprint density at radius 1 is 1.25 bits per heavy atom. The lowest BCUT2D eigenvalue weighted by Crippen LogP contribution is -2.19. The third-order valence-electron chi connectivity index (χ3n) is 3.36. The smallest absolute Gasteiger partial charge is 0.176 e. The van der Waals surface area contributed by atoms with E-state index < -0.39 is 0 Å². The summed E-state index contributed by atoms with van der Waals surface area (Å²) < 4.78 is 5.72. The predicted octanol–water partition coefficient (Wildman–Crippen LogP) is 5.94. The second kappa shape index (κ2) is 8.77. The molecule has 0 bridgehead atoms. The monoisotopic (exact) mass is 359 g/mol. The third-order valence-corrected chi connectivity index (χ3v) is 4.45. The number of carbonyl (C=O) groups is 1. The van der Waals surface area contributed by atoms with E-state index in [0.717, 1.165) is 11.8 Å². The number of Topliss-reactive ketones (excluding diaryl/α,β-unsaturated/α-hetero) is 1. The number of carbonyl (C=O) groups excluding carboxylic acids is 1. The van der Waals surface area contributed by atoms with Gasteiger partial charge in [-0.15, -0.1) is 0 Å². The Hall–Kier alpha value is -1.96. The van der Waals surface area contributed by atoms with Crippen LogP contribution in [0.5, 0.6) is 11.5 Å². The van der Waals surface area contributed by atoms with Gasteiger partial charge >= 0.3 is 0 Å². The summed E-state index contributed by atoms with van der Waals surface area (Å²) in [5.74, 6) is 1.42. The molecule has 0 amide bonds. The Bertz CT molecular complexity index is 741. The molecule has 1 atom stereocenters. The summed E-state index contributed by atoms with van der Waals surface area (Å²) in [5, 5.41) is 10.9. The number of hydrogen-bond acceptors (Lipinski definition) is 4. The Balaban J connectivity index is 2.18. The quantitative estimate of drug-likeness (QED) is 0.453. The minimum atomic E-state index is -0.382. The van der Waals surface area contributed by atoms with E-state index in [0.29, 0.717) is 34.4 Å².